The zero-order chi connectivity index (χ0) is 13.0. The molecule has 16 heavy (non-hydrogen) atoms. The Morgan fingerprint density at radius 2 is 1.25 bits per heavy atom. The molecule has 0 aliphatic rings. The average molecular weight is 264 g/mol. The number of hydrogen-bond acceptors (Lipinski definition) is 1. The van der Waals surface area contributed by atoms with E-state index in [2.05, 4.69) is 67.9 Å². The highest BCUT2D eigenvalue weighted by atomic mass is 32.3. The van der Waals surface area contributed by atoms with Gasteiger partial charge in [0.05, 0.1) is 0 Å². The Hall–Kier alpha value is 0.140. The zero-order valence-electron chi connectivity index (χ0n) is 11.8. The van der Waals surface area contributed by atoms with Crippen molar-refractivity contribution in [2.45, 2.75) is 19.9 Å². The maximum absolute atomic E-state index is 3.90. The van der Waals surface area contributed by atoms with Gasteiger partial charge in [-0.3, -0.25) is 0 Å². The first-order chi connectivity index (χ1) is 7.19. The van der Waals surface area contributed by atoms with Gasteiger partial charge in [0, 0.05) is 17.5 Å². The van der Waals surface area contributed by atoms with Crippen LogP contribution in [0.3, 0.4) is 0 Å². The lowest BCUT2D eigenvalue weighted by atomic mass is 10.4. The Morgan fingerprint density at radius 3 is 1.44 bits per heavy atom. The molecule has 0 aromatic rings. The van der Waals surface area contributed by atoms with E-state index in [4.69, 9.17) is 0 Å². The van der Waals surface area contributed by atoms with Gasteiger partial charge < -0.3 is 0 Å². The monoisotopic (exact) mass is 263 g/mol. The van der Waals surface area contributed by atoms with E-state index >= 15 is 0 Å². The van der Waals surface area contributed by atoms with Gasteiger partial charge in [-0.05, 0) is 38.9 Å². The summed E-state index contributed by atoms with van der Waals surface area (Å²) in [7, 11) is -1.49. The lowest BCUT2D eigenvalue weighted by Gasteiger charge is -2.56. The topological polar surface area (TPSA) is 3.24 Å². The molecule has 0 atom stereocenters. The van der Waals surface area contributed by atoms with E-state index < -0.39 is 20.4 Å². The summed E-state index contributed by atoms with van der Waals surface area (Å²) in [6.07, 6.45) is 13.7. The number of nitrogens with zero attached hydrogens (tertiary/aromatic N) is 1. The zero-order valence-corrected chi connectivity index (χ0v) is 13.5. The summed E-state index contributed by atoms with van der Waals surface area (Å²) in [6.45, 7) is 12.4. The smallest absolute Gasteiger partial charge is 0.0225 e. The van der Waals surface area contributed by atoms with Crippen LogP contribution in [0.15, 0.2) is 25.3 Å². The molecule has 0 bridgehead atoms. The van der Waals surface area contributed by atoms with Crippen LogP contribution in [0.2, 0.25) is 0 Å². The van der Waals surface area contributed by atoms with Crippen molar-refractivity contribution < 1.29 is 0 Å². The molecule has 0 saturated carbocycles. The molecule has 0 aromatic carbocycles. The second-order valence-corrected chi connectivity index (χ2v) is 12.9. The highest BCUT2D eigenvalue weighted by Gasteiger charge is 2.32. The summed E-state index contributed by atoms with van der Waals surface area (Å²) in [5, 5.41) is 0. The molecule has 0 saturated heterocycles. The van der Waals surface area contributed by atoms with E-state index in [0.717, 1.165) is 11.5 Å². The molecule has 0 radical (unpaired) electrons. The van der Waals surface area contributed by atoms with Crippen LogP contribution in [0, 0.1) is 0 Å². The summed E-state index contributed by atoms with van der Waals surface area (Å²) in [5.41, 5.74) is 0. The summed E-state index contributed by atoms with van der Waals surface area (Å²) >= 11 is 0. The van der Waals surface area contributed by atoms with Crippen molar-refractivity contribution in [2.75, 3.05) is 36.5 Å². The molecule has 0 unspecified atom stereocenters. The van der Waals surface area contributed by atoms with Gasteiger partial charge in [0.25, 0.3) is 0 Å². The Labute approximate surface area is 106 Å². The van der Waals surface area contributed by atoms with Crippen molar-refractivity contribution in [3.8, 4) is 0 Å². The van der Waals surface area contributed by atoms with Crippen LogP contribution in [0.25, 0.3) is 0 Å². The first-order valence-electron chi connectivity index (χ1n) is 5.62. The molecule has 0 aromatic heterocycles. The molecular formula is C13H29NS2. The summed E-state index contributed by atoms with van der Waals surface area (Å²) < 4.78 is 2.74. The molecule has 0 spiro atoms. The minimum atomic E-state index is -0.747. The molecular weight excluding hydrogens is 234 g/mol. The minimum absolute atomic E-state index is 0.592. The van der Waals surface area contributed by atoms with Gasteiger partial charge in [0.1, 0.15) is 0 Å². The Bertz CT molecular complexity index is 222. The lowest BCUT2D eigenvalue weighted by molar-refractivity contribution is 0.580. The highest BCUT2D eigenvalue weighted by Crippen LogP contribution is 2.61. The van der Waals surface area contributed by atoms with Crippen LogP contribution in [0.5, 0.6) is 0 Å². The second-order valence-electron chi connectivity index (χ2n) is 5.25. The van der Waals surface area contributed by atoms with E-state index in [1.54, 1.807) is 0 Å². The van der Waals surface area contributed by atoms with Crippen LogP contribution in [0.4, 0.5) is 0 Å². The molecule has 0 fully saturated rings. The van der Waals surface area contributed by atoms with Gasteiger partial charge >= 0.3 is 0 Å². The minimum Gasteiger partial charge on any atom is -0.229 e. The molecule has 98 valence electrons. The Balaban J connectivity index is 5.13. The van der Waals surface area contributed by atoms with Gasteiger partial charge in [-0.1, -0.05) is 12.2 Å². The molecule has 0 rings (SSSR count). The molecule has 0 heterocycles. The predicted octanol–water partition coefficient (Wildman–Crippen LogP) is 4.03. The average Bonchev–Trinajstić information content (AvgIpc) is 1.99. The van der Waals surface area contributed by atoms with Crippen LogP contribution < -0.4 is 0 Å². The van der Waals surface area contributed by atoms with E-state index in [1.165, 1.54) is 0 Å². The molecule has 0 N–H and O–H groups in total. The molecule has 0 aliphatic heterocycles. The SMILES string of the molecule is C=CCS(C)(C)N(C(C)C)S(C)(C)CC=C. The van der Waals surface area contributed by atoms with Crippen molar-refractivity contribution in [3.63, 3.8) is 0 Å². The molecule has 1 nitrogen and oxygen atoms in total. The van der Waals surface area contributed by atoms with E-state index in [1.807, 2.05) is 0 Å². The Kier molecular flexibility index (Phi) is 6.23. The normalized spacial score (nSPS) is 15.2. The Morgan fingerprint density at radius 1 is 0.938 bits per heavy atom. The van der Waals surface area contributed by atoms with E-state index in [0.29, 0.717) is 6.04 Å². The fourth-order valence-electron chi connectivity index (χ4n) is 2.41. The third-order valence-electron chi connectivity index (χ3n) is 2.45. The number of hydrogen-bond donors (Lipinski definition) is 0. The third kappa shape index (κ3) is 4.19. The second kappa shape index (κ2) is 6.18. The largest absolute Gasteiger partial charge is 0.229 e. The van der Waals surface area contributed by atoms with Gasteiger partial charge in [0.2, 0.25) is 0 Å². The molecule has 0 aliphatic carbocycles. The van der Waals surface area contributed by atoms with Crippen molar-refractivity contribution in [1.29, 1.82) is 0 Å². The summed E-state index contributed by atoms with van der Waals surface area (Å²) in [4.78, 5) is 0. The van der Waals surface area contributed by atoms with Crippen molar-refractivity contribution in [2.24, 2.45) is 0 Å². The molecule has 3 heteroatoms. The third-order valence-corrected chi connectivity index (χ3v) is 9.76. The van der Waals surface area contributed by atoms with E-state index in [-0.39, 0.29) is 0 Å². The predicted molar refractivity (Wildman–Crippen MR) is 86.0 cm³/mol. The fourth-order valence-corrected chi connectivity index (χ4v) is 10.9. The van der Waals surface area contributed by atoms with Gasteiger partial charge in [-0.25, -0.2) is 3.71 Å². The summed E-state index contributed by atoms with van der Waals surface area (Å²) in [6, 6.07) is 0.592. The summed E-state index contributed by atoms with van der Waals surface area (Å²) in [5.74, 6) is 2.22. The fraction of sp³-hybridized carbons (Fsp3) is 0.692. The standard InChI is InChI=1S/C13H29NS2/c1-9-11-15(5,6)14(13(3)4)16(7,8)12-10-2/h9-10,13H,1-2,11-12H2,3-8H3. The maximum atomic E-state index is 3.90. The molecule has 0 amide bonds. The quantitative estimate of drug-likeness (QED) is 0.627. The van der Waals surface area contributed by atoms with Gasteiger partial charge in [-0.2, -0.15) is 20.4 Å². The lowest BCUT2D eigenvalue weighted by Crippen LogP contribution is -2.37. The van der Waals surface area contributed by atoms with Gasteiger partial charge in [0.15, 0.2) is 0 Å². The first kappa shape index (κ1) is 16.1. The highest BCUT2D eigenvalue weighted by molar-refractivity contribution is 8.44. The van der Waals surface area contributed by atoms with Gasteiger partial charge in [-0.15, -0.1) is 13.2 Å². The maximum Gasteiger partial charge on any atom is 0.0225 e. The van der Waals surface area contributed by atoms with Crippen LogP contribution >= 0.6 is 20.4 Å². The van der Waals surface area contributed by atoms with Crippen LogP contribution in [0.1, 0.15) is 13.8 Å². The van der Waals surface area contributed by atoms with Crippen molar-refractivity contribution >= 4 is 20.4 Å². The van der Waals surface area contributed by atoms with E-state index in [9.17, 15) is 0 Å². The van der Waals surface area contributed by atoms with Crippen molar-refractivity contribution in [1.82, 2.24) is 3.71 Å². The van der Waals surface area contributed by atoms with Crippen LogP contribution in [-0.4, -0.2) is 46.3 Å². The number of rotatable bonds is 7. The van der Waals surface area contributed by atoms with Crippen molar-refractivity contribution in [3.05, 3.63) is 25.3 Å². The first-order valence-corrected chi connectivity index (χ1v) is 10.8. The van der Waals surface area contributed by atoms with Crippen LogP contribution in [-0.2, 0) is 0 Å².